The molecule has 1 aromatic carbocycles. The standard InChI is InChI=1S/C11H12F3N3O/c1-17-8-5-3-2-4-7(8)16-10(17)15-6-9(18)11(12,13)14/h2-5,9,18H,6H2,1H3,(H,15,16). The molecule has 4 nitrogen and oxygen atoms in total. The first-order chi connectivity index (χ1) is 8.39. The molecule has 7 heteroatoms. The normalized spacial score (nSPS) is 13.8. The van der Waals surface area contributed by atoms with E-state index in [1.165, 1.54) is 0 Å². The summed E-state index contributed by atoms with van der Waals surface area (Å²) in [6.45, 7) is -0.624. The Morgan fingerprint density at radius 1 is 1.39 bits per heavy atom. The molecule has 0 saturated heterocycles. The molecule has 0 spiro atoms. The highest BCUT2D eigenvalue weighted by atomic mass is 19.4. The van der Waals surface area contributed by atoms with Crippen LogP contribution in [0.25, 0.3) is 11.0 Å². The average molecular weight is 259 g/mol. The molecule has 1 unspecified atom stereocenters. The molecule has 18 heavy (non-hydrogen) atoms. The zero-order valence-electron chi connectivity index (χ0n) is 9.57. The number of fused-ring (bicyclic) bond motifs is 1. The van der Waals surface area contributed by atoms with Crippen LogP contribution in [0.2, 0.25) is 0 Å². The number of hydrogen-bond acceptors (Lipinski definition) is 3. The van der Waals surface area contributed by atoms with Crippen molar-refractivity contribution in [1.29, 1.82) is 0 Å². The van der Waals surface area contributed by atoms with Crippen LogP contribution < -0.4 is 5.32 Å². The zero-order chi connectivity index (χ0) is 13.3. The van der Waals surface area contributed by atoms with Gasteiger partial charge in [-0.15, -0.1) is 0 Å². The fourth-order valence-electron chi connectivity index (χ4n) is 1.61. The number of benzene rings is 1. The van der Waals surface area contributed by atoms with E-state index in [4.69, 9.17) is 5.11 Å². The van der Waals surface area contributed by atoms with E-state index in [-0.39, 0.29) is 0 Å². The second kappa shape index (κ2) is 4.49. The number of nitrogens with one attached hydrogen (secondary N) is 1. The van der Waals surface area contributed by atoms with Crippen molar-refractivity contribution >= 4 is 17.0 Å². The van der Waals surface area contributed by atoms with E-state index < -0.39 is 18.8 Å². The van der Waals surface area contributed by atoms with Gasteiger partial charge in [0.1, 0.15) is 0 Å². The van der Waals surface area contributed by atoms with Gasteiger partial charge in [-0.3, -0.25) is 0 Å². The Hall–Kier alpha value is -1.76. The Kier molecular flexibility index (Phi) is 3.16. The Morgan fingerprint density at radius 3 is 2.67 bits per heavy atom. The molecule has 0 fully saturated rings. The number of imidazole rings is 1. The van der Waals surface area contributed by atoms with Gasteiger partial charge < -0.3 is 15.0 Å². The molecule has 0 amide bonds. The van der Waals surface area contributed by atoms with E-state index in [2.05, 4.69) is 10.3 Å². The fourth-order valence-corrected chi connectivity index (χ4v) is 1.61. The lowest BCUT2D eigenvalue weighted by Crippen LogP contribution is -2.35. The maximum Gasteiger partial charge on any atom is 0.416 e. The second-order valence-electron chi connectivity index (χ2n) is 3.92. The molecule has 0 bridgehead atoms. The van der Waals surface area contributed by atoms with Crippen LogP contribution in [0.3, 0.4) is 0 Å². The maximum absolute atomic E-state index is 12.1. The van der Waals surface area contributed by atoms with E-state index >= 15 is 0 Å². The van der Waals surface area contributed by atoms with Gasteiger partial charge in [0.15, 0.2) is 6.10 Å². The maximum atomic E-state index is 12.1. The summed E-state index contributed by atoms with van der Waals surface area (Å²) in [6, 6.07) is 7.19. The van der Waals surface area contributed by atoms with Gasteiger partial charge >= 0.3 is 6.18 Å². The molecule has 1 aromatic heterocycles. The third kappa shape index (κ3) is 2.40. The van der Waals surface area contributed by atoms with Gasteiger partial charge in [-0.1, -0.05) is 12.1 Å². The van der Waals surface area contributed by atoms with Crippen molar-refractivity contribution in [2.75, 3.05) is 11.9 Å². The number of nitrogens with zero attached hydrogens (tertiary/aromatic N) is 2. The number of alkyl halides is 3. The van der Waals surface area contributed by atoms with Crippen LogP contribution in [0.1, 0.15) is 0 Å². The van der Waals surface area contributed by atoms with Gasteiger partial charge in [0, 0.05) is 7.05 Å². The van der Waals surface area contributed by atoms with E-state index in [0.29, 0.717) is 11.5 Å². The predicted octanol–water partition coefficient (Wildman–Crippen LogP) is 1.91. The quantitative estimate of drug-likeness (QED) is 0.885. The number of para-hydroxylation sites is 2. The van der Waals surface area contributed by atoms with Crippen LogP contribution in [-0.2, 0) is 7.05 Å². The van der Waals surface area contributed by atoms with Crippen molar-refractivity contribution in [2.24, 2.45) is 7.05 Å². The van der Waals surface area contributed by atoms with Gasteiger partial charge in [0.2, 0.25) is 5.95 Å². The van der Waals surface area contributed by atoms with Crippen molar-refractivity contribution in [3.63, 3.8) is 0 Å². The average Bonchev–Trinajstić information content (AvgIpc) is 2.63. The summed E-state index contributed by atoms with van der Waals surface area (Å²) in [4.78, 5) is 4.14. The number of halogens is 3. The van der Waals surface area contributed by atoms with Gasteiger partial charge in [-0.05, 0) is 12.1 Å². The Morgan fingerprint density at radius 2 is 2.06 bits per heavy atom. The molecule has 0 aliphatic heterocycles. The van der Waals surface area contributed by atoms with Gasteiger partial charge in [-0.2, -0.15) is 13.2 Å². The lowest BCUT2D eigenvalue weighted by Gasteiger charge is -2.15. The molecular weight excluding hydrogens is 247 g/mol. The fraction of sp³-hybridized carbons (Fsp3) is 0.364. The number of aliphatic hydroxyl groups excluding tert-OH is 1. The second-order valence-corrected chi connectivity index (χ2v) is 3.92. The Bertz CT molecular complexity index is 550. The van der Waals surface area contributed by atoms with Crippen LogP contribution in [0, 0.1) is 0 Å². The summed E-state index contributed by atoms with van der Waals surface area (Å²) in [6.07, 6.45) is -7.03. The number of aliphatic hydroxyl groups is 1. The molecule has 2 N–H and O–H groups in total. The first-order valence-electron chi connectivity index (χ1n) is 5.29. The van der Waals surface area contributed by atoms with E-state index in [1.807, 2.05) is 12.1 Å². The third-order valence-corrected chi connectivity index (χ3v) is 2.62. The lowest BCUT2D eigenvalue weighted by atomic mass is 10.3. The van der Waals surface area contributed by atoms with Crippen LogP contribution in [0.15, 0.2) is 24.3 Å². The minimum Gasteiger partial charge on any atom is -0.382 e. The first-order valence-corrected chi connectivity index (χ1v) is 5.29. The lowest BCUT2D eigenvalue weighted by molar-refractivity contribution is -0.198. The van der Waals surface area contributed by atoms with Gasteiger partial charge in [0.25, 0.3) is 0 Å². The van der Waals surface area contributed by atoms with E-state index in [1.54, 1.807) is 23.7 Å². The highest BCUT2D eigenvalue weighted by Gasteiger charge is 2.38. The zero-order valence-corrected chi connectivity index (χ0v) is 9.57. The molecule has 98 valence electrons. The molecule has 0 aliphatic carbocycles. The summed E-state index contributed by atoms with van der Waals surface area (Å²) in [7, 11) is 1.69. The van der Waals surface area contributed by atoms with Crippen LogP contribution in [-0.4, -0.2) is 33.5 Å². The number of aromatic nitrogens is 2. The van der Waals surface area contributed by atoms with Crippen molar-refractivity contribution < 1.29 is 18.3 Å². The molecule has 2 aromatic rings. The number of rotatable bonds is 3. The van der Waals surface area contributed by atoms with Crippen molar-refractivity contribution in [3.05, 3.63) is 24.3 Å². The van der Waals surface area contributed by atoms with E-state index in [0.717, 1.165) is 5.52 Å². The molecular formula is C11H12F3N3O. The smallest absolute Gasteiger partial charge is 0.382 e. The summed E-state index contributed by atoms with van der Waals surface area (Å²) in [5.74, 6) is 0.291. The molecule has 0 aliphatic rings. The summed E-state index contributed by atoms with van der Waals surface area (Å²) >= 11 is 0. The van der Waals surface area contributed by atoms with Crippen molar-refractivity contribution in [2.45, 2.75) is 12.3 Å². The third-order valence-electron chi connectivity index (χ3n) is 2.62. The minimum atomic E-state index is -4.63. The predicted molar refractivity (Wildman–Crippen MR) is 61.3 cm³/mol. The Labute approximate surface area is 101 Å². The van der Waals surface area contributed by atoms with E-state index in [9.17, 15) is 13.2 Å². The summed E-state index contributed by atoms with van der Waals surface area (Å²) in [5.41, 5.74) is 1.49. The number of anilines is 1. The largest absolute Gasteiger partial charge is 0.416 e. The molecule has 0 radical (unpaired) electrons. The summed E-state index contributed by atoms with van der Waals surface area (Å²) in [5, 5.41) is 11.4. The van der Waals surface area contributed by atoms with Crippen LogP contribution >= 0.6 is 0 Å². The topological polar surface area (TPSA) is 50.1 Å². The highest BCUT2D eigenvalue weighted by Crippen LogP contribution is 2.21. The molecule has 1 atom stereocenters. The first kappa shape index (κ1) is 12.7. The van der Waals surface area contributed by atoms with Crippen LogP contribution in [0.4, 0.5) is 19.1 Å². The molecule has 2 rings (SSSR count). The molecule has 1 heterocycles. The van der Waals surface area contributed by atoms with Gasteiger partial charge in [-0.25, -0.2) is 4.98 Å². The highest BCUT2D eigenvalue weighted by molar-refractivity contribution is 5.78. The SMILES string of the molecule is Cn1c(NCC(O)C(F)(F)F)nc2ccccc21. The monoisotopic (exact) mass is 259 g/mol. The van der Waals surface area contributed by atoms with Crippen molar-refractivity contribution in [3.8, 4) is 0 Å². The number of aryl methyl sites for hydroxylation is 1. The molecule has 0 saturated carbocycles. The Balaban J connectivity index is 2.15. The minimum absolute atomic E-state index is 0.291. The van der Waals surface area contributed by atoms with Crippen molar-refractivity contribution in [1.82, 2.24) is 9.55 Å². The van der Waals surface area contributed by atoms with Gasteiger partial charge in [0.05, 0.1) is 17.6 Å². The number of hydrogen-bond donors (Lipinski definition) is 2. The van der Waals surface area contributed by atoms with Crippen LogP contribution in [0.5, 0.6) is 0 Å². The summed E-state index contributed by atoms with van der Waals surface area (Å²) < 4.78 is 38.1.